The normalized spacial score (nSPS) is 28.2. The van der Waals surface area contributed by atoms with E-state index in [1.807, 2.05) is 13.8 Å². The van der Waals surface area contributed by atoms with Gasteiger partial charge in [-0.1, -0.05) is 12.1 Å². The number of nitrogens with zero attached hydrogens (tertiary/aromatic N) is 2. The van der Waals surface area contributed by atoms with Crippen molar-refractivity contribution in [3.05, 3.63) is 47.9 Å². The second-order valence-electron chi connectivity index (χ2n) is 10.6. The van der Waals surface area contributed by atoms with Gasteiger partial charge in [-0.2, -0.15) is 0 Å². The topological polar surface area (TPSA) is 107 Å². The van der Waals surface area contributed by atoms with Gasteiger partial charge in [-0.05, 0) is 69.6 Å². The van der Waals surface area contributed by atoms with Gasteiger partial charge in [-0.25, -0.2) is 22.2 Å². The third kappa shape index (κ3) is 5.83. The van der Waals surface area contributed by atoms with E-state index in [0.29, 0.717) is 30.7 Å². The first kappa shape index (κ1) is 26.1. The van der Waals surface area contributed by atoms with Gasteiger partial charge in [-0.15, -0.1) is 0 Å². The molecule has 2 saturated carbocycles. The Hall–Kier alpha value is -2.50. The number of nitrogens with one attached hydrogen (secondary N) is 1. The quantitative estimate of drug-likeness (QED) is 0.533. The zero-order valence-electron chi connectivity index (χ0n) is 20.8. The molecule has 1 aromatic heterocycles. The molecule has 8 nitrogen and oxygen atoms in total. The van der Waals surface area contributed by atoms with Crippen LogP contribution in [0.25, 0.3) is 0 Å². The molecule has 0 bridgehead atoms. The number of halogens is 2. The predicted octanol–water partition coefficient (Wildman–Crippen LogP) is 4.44. The number of aromatic nitrogens is 2. The van der Waals surface area contributed by atoms with Crippen molar-refractivity contribution in [1.29, 1.82) is 0 Å². The Bertz CT molecular complexity index is 1230. The summed E-state index contributed by atoms with van der Waals surface area (Å²) in [4.78, 5) is 22.2. The van der Waals surface area contributed by atoms with E-state index in [0.717, 1.165) is 0 Å². The first-order valence-electron chi connectivity index (χ1n) is 12.6. The van der Waals surface area contributed by atoms with Crippen LogP contribution in [0.15, 0.2) is 41.6 Å². The molecule has 1 amide bonds. The molecule has 1 saturated heterocycles. The molecular weight excluding hydrogens is 504 g/mol. The Morgan fingerprint density at radius 1 is 1.11 bits per heavy atom. The number of sulfone groups is 1. The fraction of sp³-hybridized carbons (Fsp3) is 0.577. The predicted molar refractivity (Wildman–Crippen MR) is 131 cm³/mol. The Kier molecular flexibility index (Phi) is 7.06. The fourth-order valence-electron chi connectivity index (χ4n) is 5.02. The van der Waals surface area contributed by atoms with E-state index in [2.05, 4.69) is 15.3 Å². The zero-order valence-corrected chi connectivity index (χ0v) is 21.6. The van der Waals surface area contributed by atoms with E-state index >= 15 is 0 Å². The van der Waals surface area contributed by atoms with Gasteiger partial charge < -0.3 is 14.8 Å². The smallest absolute Gasteiger partial charge is 0.233 e. The molecule has 37 heavy (non-hydrogen) atoms. The molecule has 3 aliphatic rings. The number of hydrogen-bond donors (Lipinski definition) is 1. The molecule has 5 rings (SSSR count). The largest absolute Gasteiger partial charge is 0.347 e. The number of hydrogen-bond acceptors (Lipinski definition) is 7. The van der Waals surface area contributed by atoms with E-state index in [9.17, 15) is 22.0 Å². The van der Waals surface area contributed by atoms with E-state index in [1.54, 1.807) is 12.1 Å². The van der Waals surface area contributed by atoms with Crippen molar-refractivity contribution in [3.63, 3.8) is 0 Å². The number of benzene rings is 1. The Morgan fingerprint density at radius 2 is 1.78 bits per heavy atom. The molecule has 0 spiro atoms. The average molecular weight is 536 g/mol. The highest BCUT2D eigenvalue weighted by molar-refractivity contribution is 7.92. The Morgan fingerprint density at radius 3 is 2.32 bits per heavy atom. The van der Waals surface area contributed by atoms with Gasteiger partial charge in [0.2, 0.25) is 5.91 Å². The zero-order chi connectivity index (χ0) is 26.4. The maximum Gasteiger partial charge on any atom is 0.233 e. The number of ether oxygens (including phenoxy) is 2. The van der Waals surface area contributed by atoms with Crippen LogP contribution in [0.2, 0.25) is 0 Å². The monoisotopic (exact) mass is 535 g/mol. The highest BCUT2D eigenvalue weighted by Crippen LogP contribution is 2.39. The van der Waals surface area contributed by atoms with Crippen molar-refractivity contribution in [2.24, 2.45) is 5.92 Å². The molecular formula is C26H31F2N3O5S. The van der Waals surface area contributed by atoms with Crippen LogP contribution in [0.3, 0.4) is 0 Å². The first-order chi connectivity index (χ1) is 17.5. The minimum atomic E-state index is -3.37. The molecule has 200 valence electrons. The highest BCUT2D eigenvalue weighted by Gasteiger charge is 2.39. The van der Waals surface area contributed by atoms with Crippen LogP contribution in [-0.4, -0.2) is 54.3 Å². The molecule has 2 aliphatic carbocycles. The fourth-order valence-corrected chi connectivity index (χ4v) is 6.68. The van der Waals surface area contributed by atoms with Crippen molar-refractivity contribution in [3.8, 4) is 0 Å². The lowest BCUT2D eigenvalue weighted by molar-refractivity contribution is -0.139. The second-order valence-corrected chi connectivity index (χ2v) is 12.8. The number of amides is 1. The van der Waals surface area contributed by atoms with Gasteiger partial charge in [-0.3, -0.25) is 9.78 Å². The summed E-state index contributed by atoms with van der Waals surface area (Å²) in [6.45, 7) is 3.96. The Balaban J connectivity index is 1.32. The van der Waals surface area contributed by atoms with Crippen molar-refractivity contribution >= 4 is 21.6 Å². The van der Waals surface area contributed by atoms with Gasteiger partial charge in [0.15, 0.2) is 21.4 Å². The standard InChI is InChI=1S/C26H31F2N3O5S/c1-26(2)35-14-23(36-26)22-12-30-24(13-29-22)31-25(32)19(9-15-10-20(27)21(28)11-15)16-3-5-17(6-4-16)37(33,34)18-7-8-18/h3-6,12-13,15,18-21,23H,7-11,14H2,1-2H3,(H,30,31,32)/t15?,19-,20-,21+,23+/m1/s1. The Labute approximate surface area is 215 Å². The van der Waals surface area contributed by atoms with Gasteiger partial charge in [0.25, 0.3) is 0 Å². The van der Waals surface area contributed by atoms with E-state index in [1.165, 1.54) is 24.5 Å². The number of rotatable bonds is 8. The summed E-state index contributed by atoms with van der Waals surface area (Å²) >= 11 is 0. The summed E-state index contributed by atoms with van der Waals surface area (Å²) in [6.07, 6.45) is 1.14. The van der Waals surface area contributed by atoms with E-state index in [4.69, 9.17) is 9.47 Å². The summed E-state index contributed by atoms with van der Waals surface area (Å²) in [5.41, 5.74) is 1.15. The molecule has 2 heterocycles. The lowest BCUT2D eigenvalue weighted by atomic mass is 9.87. The van der Waals surface area contributed by atoms with Crippen molar-refractivity contribution in [1.82, 2.24) is 9.97 Å². The minimum Gasteiger partial charge on any atom is -0.347 e. The molecule has 1 N–H and O–H groups in total. The molecule has 1 aliphatic heterocycles. The summed E-state index contributed by atoms with van der Waals surface area (Å²) in [5, 5.41) is 2.41. The van der Waals surface area contributed by atoms with Crippen LogP contribution in [-0.2, 0) is 24.1 Å². The van der Waals surface area contributed by atoms with Crippen LogP contribution in [0.4, 0.5) is 14.6 Å². The third-order valence-electron chi connectivity index (χ3n) is 7.23. The van der Waals surface area contributed by atoms with Crippen LogP contribution in [0.5, 0.6) is 0 Å². The van der Waals surface area contributed by atoms with Crippen molar-refractivity contribution in [2.75, 3.05) is 11.9 Å². The van der Waals surface area contributed by atoms with Gasteiger partial charge in [0, 0.05) is 0 Å². The van der Waals surface area contributed by atoms with Crippen LogP contribution < -0.4 is 5.32 Å². The van der Waals surface area contributed by atoms with Gasteiger partial charge >= 0.3 is 0 Å². The minimum absolute atomic E-state index is 0.0490. The first-order valence-corrected chi connectivity index (χ1v) is 14.1. The van der Waals surface area contributed by atoms with Gasteiger partial charge in [0.1, 0.15) is 18.4 Å². The van der Waals surface area contributed by atoms with Gasteiger partial charge in [0.05, 0.1) is 40.8 Å². The molecule has 0 radical (unpaired) electrons. The van der Waals surface area contributed by atoms with Crippen molar-refractivity contribution in [2.45, 2.75) is 86.2 Å². The summed E-state index contributed by atoms with van der Waals surface area (Å²) < 4.78 is 64.2. The average Bonchev–Trinajstić information content (AvgIpc) is 3.60. The van der Waals surface area contributed by atoms with Crippen LogP contribution in [0, 0.1) is 5.92 Å². The van der Waals surface area contributed by atoms with E-state index < -0.39 is 39.8 Å². The highest BCUT2D eigenvalue weighted by atomic mass is 32.2. The van der Waals surface area contributed by atoms with E-state index in [-0.39, 0.29) is 47.2 Å². The number of carbonyl (C=O) groups is 1. The lowest BCUT2D eigenvalue weighted by Crippen LogP contribution is -2.24. The number of alkyl halides is 2. The molecule has 3 fully saturated rings. The molecule has 2 aromatic rings. The summed E-state index contributed by atoms with van der Waals surface area (Å²) in [6, 6.07) is 6.24. The lowest BCUT2D eigenvalue weighted by Gasteiger charge is -2.21. The summed E-state index contributed by atoms with van der Waals surface area (Å²) in [7, 11) is -3.37. The maximum absolute atomic E-state index is 13.9. The maximum atomic E-state index is 13.9. The summed E-state index contributed by atoms with van der Waals surface area (Å²) in [5.74, 6) is -1.94. The third-order valence-corrected chi connectivity index (χ3v) is 9.51. The molecule has 1 unspecified atom stereocenters. The molecule has 1 aromatic carbocycles. The SMILES string of the molecule is CC1(C)OC[C@@H](c2cnc(NC(=O)[C@H](CC3C[C@@H](F)[C@@H](F)C3)c3ccc(S(=O)(=O)C4CC4)cc3)cn2)O1. The second kappa shape index (κ2) is 9.99. The number of anilines is 1. The number of carbonyl (C=O) groups excluding carboxylic acids is 1. The molecule has 11 heteroatoms. The van der Waals surface area contributed by atoms with Crippen molar-refractivity contribution < 1.29 is 31.5 Å². The van der Waals surface area contributed by atoms with Crippen LogP contribution in [0.1, 0.15) is 69.2 Å². The molecule has 5 atom stereocenters. The van der Waals surface area contributed by atoms with Crippen LogP contribution >= 0.6 is 0 Å².